The molecule has 0 bridgehead atoms. The number of rotatable bonds is 7. The Morgan fingerprint density at radius 2 is 1.48 bits per heavy atom. The van der Waals surface area contributed by atoms with E-state index in [0.717, 1.165) is 17.3 Å². The molecule has 1 fully saturated rings. The maximum atomic E-state index is 14.1. The first-order chi connectivity index (χ1) is 18.7. The molecule has 0 spiro atoms. The average Bonchev–Trinajstić information content (AvgIpc) is 3.27. The van der Waals surface area contributed by atoms with E-state index in [1.165, 1.54) is 0 Å². The van der Waals surface area contributed by atoms with Crippen LogP contribution in [0.3, 0.4) is 0 Å². The second-order valence-corrected chi connectivity index (χ2v) is 11.8. The lowest BCUT2D eigenvalue weighted by molar-refractivity contribution is -0.325. The van der Waals surface area contributed by atoms with Crippen LogP contribution in [0.25, 0.3) is 0 Å². The lowest BCUT2D eigenvalue weighted by Gasteiger charge is -2.47. The van der Waals surface area contributed by atoms with Gasteiger partial charge in [0, 0.05) is 0 Å². The van der Waals surface area contributed by atoms with E-state index in [1.54, 1.807) is 45.0 Å². The number of thioether (sulfide) groups is 1. The van der Waals surface area contributed by atoms with Crippen LogP contribution in [0, 0.1) is 0 Å². The summed E-state index contributed by atoms with van der Waals surface area (Å²) in [5.41, 5.74) is -3.55. The Morgan fingerprint density at radius 3 is 1.98 bits per heavy atom. The molecule has 2 aliphatic heterocycles. The largest absolute Gasteiger partial charge is 0.444 e. The van der Waals surface area contributed by atoms with Crippen LogP contribution in [0.4, 0.5) is 18.0 Å². The van der Waals surface area contributed by atoms with Gasteiger partial charge in [0.15, 0.2) is 10.8 Å². The normalized spacial score (nSPS) is 26.4. The summed E-state index contributed by atoms with van der Waals surface area (Å²) in [5.74, 6) is 0. The smallest absolute Gasteiger partial charge is 0.419 e. The minimum absolute atomic E-state index is 0.0514. The number of amidine groups is 1. The van der Waals surface area contributed by atoms with E-state index in [-0.39, 0.29) is 18.4 Å². The summed E-state index contributed by atoms with van der Waals surface area (Å²) in [6.07, 6.45) is -10.1. The summed E-state index contributed by atoms with van der Waals surface area (Å²) < 4.78 is 65.9. The molecular weight excluding hydrogens is 549 g/mol. The summed E-state index contributed by atoms with van der Waals surface area (Å²) >= 11 is 0.923. The van der Waals surface area contributed by atoms with Crippen molar-refractivity contribution in [3.05, 3.63) is 71.8 Å². The Morgan fingerprint density at radius 1 is 0.950 bits per heavy atom. The van der Waals surface area contributed by atoms with E-state index >= 15 is 0 Å². The summed E-state index contributed by atoms with van der Waals surface area (Å²) in [4.78, 5) is 16.9. The van der Waals surface area contributed by atoms with Crippen LogP contribution in [0.15, 0.2) is 65.7 Å². The predicted octanol–water partition coefficient (Wildman–Crippen LogP) is 5.19. The minimum atomic E-state index is -5.04. The lowest BCUT2D eigenvalue weighted by atomic mass is 9.86. The number of nitrogens with zero attached hydrogens (tertiary/aromatic N) is 1. The number of carbonyl (C=O) groups excluding carboxylic acids is 1. The van der Waals surface area contributed by atoms with Crippen molar-refractivity contribution in [2.45, 2.75) is 88.1 Å². The fraction of sp³-hybridized carbons (Fsp3) is 0.500. The van der Waals surface area contributed by atoms with Crippen molar-refractivity contribution in [1.29, 1.82) is 0 Å². The number of halogens is 3. The molecule has 2 N–H and O–H groups in total. The van der Waals surface area contributed by atoms with Crippen molar-refractivity contribution in [3.63, 3.8) is 0 Å². The van der Waals surface area contributed by atoms with Crippen LogP contribution in [-0.2, 0) is 32.2 Å². The van der Waals surface area contributed by atoms with Gasteiger partial charge in [0.2, 0.25) is 0 Å². The Balaban J connectivity index is 1.66. The highest BCUT2D eigenvalue weighted by molar-refractivity contribution is 8.14. The summed E-state index contributed by atoms with van der Waals surface area (Å²) in [7, 11) is 0. The van der Waals surface area contributed by atoms with Gasteiger partial charge in [-0.25, -0.2) is 4.79 Å². The van der Waals surface area contributed by atoms with Gasteiger partial charge in [-0.2, -0.15) is 13.2 Å². The third-order valence-electron chi connectivity index (χ3n) is 6.32. The number of hydrogen-bond acceptors (Lipinski definition) is 8. The molecule has 2 aromatic rings. The number of aliphatic hydroxyl groups is 1. The maximum Gasteiger partial charge on any atom is 0.419 e. The minimum Gasteiger partial charge on any atom is -0.444 e. The molecular formula is C28H33F3N2O6S. The van der Waals surface area contributed by atoms with Crippen LogP contribution in [-0.4, -0.2) is 63.5 Å². The Hall–Kier alpha value is -2.64. The van der Waals surface area contributed by atoms with E-state index in [0.29, 0.717) is 12.5 Å². The number of aliphatic imine (C=N–C) groups is 1. The monoisotopic (exact) mass is 582 g/mol. The molecule has 218 valence electrons. The molecule has 0 aromatic heterocycles. The summed E-state index contributed by atoms with van der Waals surface area (Å²) in [5, 5.41) is 13.4. The molecule has 0 radical (unpaired) electrons. The van der Waals surface area contributed by atoms with Crippen LogP contribution in [0.1, 0.15) is 38.8 Å². The number of amides is 1. The van der Waals surface area contributed by atoms with Gasteiger partial charge in [-0.1, -0.05) is 72.4 Å². The molecule has 2 heterocycles. The number of nitrogens with one attached hydrogen (secondary N) is 1. The molecule has 0 unspecified atom stereocenters. The maximum absolute atomic E-state index is 14.1. The highest BCUT2D eigenvalue weighted by Gasteiger charge is 2.64. The Bertz CT molecular complexity index is 1170. The van der Waals surface area contributed by atoms with Gasteiger partial charge in [0.25, 0.3) is 0 Å². The van der Waals surface area contributed by atoms with Gasteiger partial charge in [-0.05, 0) is 38.8 Å². The second-order valence-electron chi connectivity index (χ2n) is 10.8. The molecule has 4 rings (SSSR count). The fourth-order valence-corrected chi connectivity index (χ4v) is 5.38. The van der Waals surface area contributed by atoms with E-state index in [9.17, 15) is 23.1 Å². The highest BCUT2D eigenvalue weighted by Crippen LogP contribution is 2.45. The summed E-state index contributed by atoms with van der Waals surface area (Å²) in [6.45, 7) is 5.75. The van der Waals surface area contributed by atoms with Crippen LogP contribution in [0.2, 0.25) is 0 Å². The quantitative estimate of drug-likeness (QED) is 0.464. The van der Waals surface area contributed by atoms with Gasteiger partial charge < -0.3 is 24.1 Å². The zero-order chi connectivity index (χ0) is 29.1. The van der Waals surface area contributed by atoms with Crippen molar-refractivity contribution in [2.75, 3.05) is 0 Å². The number of fused-ring (bicyclic) bond motifs is 1. The number of alkyl carbamates (subject to hydrolysis) is 1. The zero-order valence-electron chi connectivity index (χ0n) is 22.6. The van der Waals surface area contributed by atoms with E-state index in [1.807, 2.05) is 36.4 Å². The topological polar surface area (TPSA) is 98.6 Å². The first-order valence-corrected chi connectivity index (χ1v) is 13.6. The third kappa shape index (κ3) is 7.35. The molecule has 1 saturated heterocycles. The van der Waals surface area contributed by atoms with Crippen molar-refractivity contribution < 1.29 is 42.0 Å². The molecule has 1 amide bonds. The number of ether oxygens (including phenoxy) is 4. The molecule has 0 aliphatic carbocycles. The first-order valence-electron chi connectivity index (χ1n) is 12.7. The second kappa shape index (κ2) is 12.1. The Kier molecular flexibility index (Phi) is 9.15. The molecule has 40 heavy (non-hydrogen) atoms. The summed E-state index contributed by atoms with van der Waals surface area (Å²) in [6, 6.07) is 17.2. The number of hydrogen-bond donors (Lipinski definition) is 2. The van der Waals surface area contributed by atoms with Crippen molar-refractivity contribution in [1.82, 2.24) is 5.32 Å². The number of benzene rings is 2. The van der Waals surface area contributed by atoms with Crippen LogP contribution >= 0.6 is 11.8 Å². The van der Waals surface area contributed by atoms with Crippen molar-refractivity contribution >= 4 is 23.0 Å². The van der Waals surface area contributed by atoms with E-state index in [2.05, 4.69) is 10.3 Å². The van der Waals surface area contributed by atoms with Crippen molar-refractivity contribution in [2.24, 2.45) is 4.99 Å². The lowest BCUT2D eigenvalue weighted by Crippen LogP contribution is -2.67. The van der Waals surface area contributed by atoms with Gasteiger partial charge in [-0.3, -0.25) is 10.3 Å². The van der Waals surface area contributed by atoms with E-state index in [4.69, 9.17) is 18.9 Å². The highest BCUT2D eigenvalue weighted by atomic mass is 32.2. The van der Waals surface area contributed by atoms with Crippen LogP contribution in [0.5, 0.6) is 0 Å². The number of alkyl halides is 3. The van der Waals surface area contributed by atoms with Gasteiger partial charge >= 0.3 is 12.3 Å². The molecule has 6 atom stereocenters. The molecule has 12 heteroatoms. The van der Waals surface area contributed by atoms with Gasteiger partial charge in [0.1, 0.15) is 35.4 Å². The van der Waals surface area contributed by atoms with Crippen molar-refractivity contribution in [3.8, 4) is 0 Å². The molecule has 2 aromatic carbocycles. The van der Waals surface area contributed by atoms with Gasteiger partial charge in [-0.15, -0.1) is 0 Å². The molecule has 8 nitrogen and oxygen atoms in total. The first kappa shape index (κ1) is 30.3. The SMILES string of the molecule is CC(C)(C)OC(=O)NC1=N[C@@H]2[C@@H](OCc3ccccc3)[C@H](OCc3ccccc3)[C@@H]([C@](C)(O)C(F)(F)F)O[C@@H]2S1. The Labute approximate surface area is 235 Å². The molecule has 2 aliphatic rings. The van der Waals surface area contributed by atoms with Crippen LogP contribution < -0.4 is 5.32 Å². The number of carbonyl (C=O) groups is 1. The fourth-order valence-electron chi connectivity index (χ4n) is 4.31. The third-order valence-corrected chi connectivity index (χ3v) is 7.37. The standard InChI is InChI=1S/C28H33F3N2O6S/c1-26(2,3)39-25(34)33-24-32-19-20(36-15-17-11-7-5-8-12-17)21(37-16-18-13-9-6-10-14-18)22(38-23(19)40-24)27(4,35)28(29,30)31/h5-14,19-23,35H,15-16H2,1-4H3,(H,32,33,34)/t19-,20-,21+,22+,23-,27+/m1/s1. The van der Waals surface area contributed by atoms with E-state index < -0.39 is 53.3 Å². The average molecular weight is 583 g/mol. The zero-order valence-corrected chi connectivity index (χ0v) is 23.4. The predicted molar refractivity (Wildman–Crippen MR) is 144 cm³/mol. The van der Waals surface area contributed by atoms with Gasteiger partial charge in [0.05, 0.1) is 13.2 Å². The molecule has 0 saturated carbocycles.